The van der Waals surface area contributed by atoms with Gasteiger partial charge in [-0.05, 0) is 23.5 Å². The molecule has 0 unspecified atom stereocenters. The smallest absolute Gasteiger partial charge is 0.0457 e. The van der Waals surface area contributed by atoms with Gasteiger partial charge in [-0.1, -0.05) is 47.6 Å². The van der Waals surface area contributed by atoms with Gasteiger partial charge < -0.3 is 0 Å². The Labute approximate surface area is 93.9 Å². The van der Waals surface area contributed by atoms with Crippen molar-refractivity contribution in [1.82, 2.24) is 4.98 Å². The summed E-state index contributed by atoms with van der Waals surface area (Å²) in [6.45, 7) is 13.4. The highest BCUT2D eigenvalue weighted by Gasteiger charge is 2.16. The van der Waals surface area contributed by atoms with Crippen molar-refractivity contribution in [3.63, 3.8) is 0 Å². The van der Waals surface area contributed by atoms with Gasteiger partial charge in [0.2, 0.25) is 0 Å². The third kappa shape index (κ3) is 3.05. The fourth-order valence-corrected chi connectivity index (χ4v) is 1.50. The molecule has 84 valence electrons. The highest BCUT2D eigenvalue weighted by molar-refractivity contribution is 5.21. The van der Waals surface area contributed by atoms with E-state index >= 15 is 0 Å². The fourth-order valence-electron chi connectivity index (χ4n) is 1.50. The Hall–Kier alpha value is -0.850. The minimum atomic E-state index is 0.152. The van der Waals surface area contributed by atoms with Crippen LogP contribution in [0.4, 0.5) is 0 Å². The summed E-state index contributed by atoms with van der Waals surface area (Å²) in [6, 6.07) is 4.38. The van der Waals surface area contributed by atoms with Crippen LogP contribution >= 0.6 is 0 Å². The van der Waals surface area contributed by atoms with Crippen LogP contribution < -0.4 is 0 Å². The summed E-state index contributed by atoms with van der Waals surface area (Å²) in [5.74, 6) is 1.26. The summed E-state index contributed by atoms with van der Waals surface area (Å²) in [6.07, 6.45) is 2.03. The predicted octanol–water partition coefficient (Wildman–Crippen LogP) is 4.14. The van der Waals surface area contributed by atoms with Crippen molar-refractivity contribution in [3.8, 4) is 0 Å². The molecular weight excluding hydrogens is 182 g/mol. The number of rotatable bonds is 2. The molecule has 0 spiro atoms. The van der Waals surface area contributed by atoms with Gasteiger partial charge >= 0.3 is 0 Å². The maximum Gasteiger partial charge on any atom is 0.0457 e. The minimum absolute atomic E-state index is 0.152. The number of pyridine rings is 1. The highest BCUT2D eigenvalue weighted by Crippen LogP contribution is 2.25. The Balaban J connectivity index is 2.91. The van der Waals surface area contributed by atoms with Crippen LogP contribution in [0.5, 0.6) is 0 Å². The first-order valence-electron chi connectivity index (χ1n) is 5.79. The van der Waals surface area contributed by atoms with Gasteiger partial charge in [0.15, 0.2) is 0 Å². The number of hydrogen-bond acceptors (Lipinski definition) is 1. The molecule has 0 saturated heterocycles. The summed E-state index contributed by atoms with van der Waals surface area (Å²) in [4.78, 5) is 4.55. The highest BCUT2D eigenvalue weighted by atomic mass is 14.7. The van der Waals surface area contributed by atoms with Crippen LogP contribution in [0.25, 0.3) is 0 Å². The lowest BCUT2D eigenvalue weighted by atomic mass is 9.88. The van der Waals surface area contributed by atoms with Crippen LogP contribution in [-0.4, -0.2) is 4.98 Å². The summed E-state index contributed by atoms with van der Waals surface area (Å²) in [5.41, 5.74) is 2.67. The predicted molar refractivity (Wildman–Crippen MR) is 66.2 cm³/mol. The van der Waals surface area contributed by atoms with Crippen LogP contribution in [0, 0.1) is 5.92 Å². The Morgan fingerprint density at radius 1 is 1.07 bits per heavy atom. The van der Waals surface area contributed by atoms with E-state index in [0.717, 1.165) is 0 Å². The Kier molecular flexibility index (Phi) is 3.54. The Morgan fingerprint density at radius 2 is 1.67 bits per heavy atom. The molecule has 1 aromatic heterocycles. The van der Waals surface area contributed by atoms with Gasteiger partial charge in [-0.2, -0.15) is 0 Å². The molecule has 0 aliphatic rings. The normalized spacial score (nSPS) is 14.3. The lowest BCUT2D eigenvalue weighted by molar-refractivity contribution is 0.529. The van der Waals surface area contributed by atoms with Gasteiger partial charge in [0.25, 0.3) is 0 Å². The van der Waals surface area contributed by atoms with Crippen molar-refractivity contribution >= 4 is 0 Å². The number of aromatic nitrogens is 1. The van der Waals surface area contributed by atoms with Gasteiger partial charge in [-0.15, -0.1) is 0 Å². The van der Waals surface area contributed by atoms with E-state index in [-0.39, 0.29) is 5.41 Å². The second-order valence-corrected chi connectivity index (χ2v) is 5.76. The zero-order valence-electron chi connectivity index (χ0n) is 10.8. The van der Waals surface area contributed by atoms with E-state index in [4.69, 9.17) is 0 Å². The van der Waals surface area contributed by atoms with Crippen LogP contribution in [0.1, 0.15) is 58.7 Å². The Bertz CT molecular complexity index is 303. The van der Waals surface area contributed by atoms with Gasteiger partial charge in [0.1, 0.15) is 0 Å². The van der Waals surface area contributed by atoms with E-state index in [1.54, 1.807) is 0 Å². The van der Waals surface area contributed by atoms with E-state index in [9.17, 15) is 0 Å². The first-order valence-corrected chi connectivity index (χ1v) is 5.79. The molecule has 1 heteroatoms. The third-order valence-electron chi connectivity index (χ3n) is 3.08. The summed E-state index contributed by atoms with van der Waals surface area (Å²) in [7, 11) is 0. The van der Waals surface area contributed by atoms with E-state index in [1.807, 2.05) is 6.20 Å². The minimum Gasteiger partial charge on any atom is -0.260 e. The standard InChI is InChI=1S/C14H23N/c1-10(2)11(3)12-7-8-13(15-9-12)14(4,5)6/h7-11H,1-6H3/t11-/m0/s1. The van der Waals surface area contributed by atoms with E-state index in [0.29, 0.717) is 11.8 Å². The summed E-state index contributed by atoms with van der Waals surface area (Å²) < 4.78 is 0. The molecule has 1 heterocycles. The number of hydrogen-bond donors (Lipinski definition) is 0. The first kappa shape index (κ1) is 12.2. The van der Waals surface area contributed by atoms with E-state index < -0.39 is 0 Å². The fraction of sp³-hybridized carbons (Fsp3) is 0.643. The van der Waals surface area contributed by atoms with Gasteiger partial charge in [-0.3, -0.25) is 4.98 Å². The van der Waals surface area contributed by atoms with Crippen molar-refractivity contribution in [2.75, 3.05) is 0 Å². The van der Waals surface area contributed by atoms with Crippen LogP contribution in [-0.2, 0) is 5.41 Å². The lowest BCUT2D eigenvalue weighted by Gasteiger charge is -2.20. The molecule has 1 atom stereocenters. The molecule has 0 bridgehead atoms. The summed E-state index contributed by atoms with van der Waals surface area (Å²) in [5, 5.41) is 0. The molecule has 1 aromatic rings. The van der Waals surface area contributed by atoms with Crippen molar-refractivity contribution < 1.29 is 0 Å². The molecule has 0 fully saturated rings. The van der Waals surface area contributed by atoms with Crippen molar-refractivity contribution in [1.29, 1.82) is 0 Å². The molecule has 0 saturated carbocycles. The molecule has 0 N–H and O–H groups in total. The molecule has 0 amide bonds. The van der Waals surface area contributed by atoms with Gasteiger partial charge in [0, 0.05) is 17.3 Å². The van der Waals surface area contributed by atoms with E-state index in [2.05, 4.69) is 58.7 Å². The molecule has 0 aliphatic carbocycles. The molecule has 0 radical (unpaired) electrons. The molecule has 1 nitrogen and oxygen atoms in total. The molecule has 0 aromatic carbocycles. The second kappa shape index (κ2) is 4.34. The monoisotopic (exact) mass is 205 g/mol. The van der Waals surface area contributed by atoms with Crippen molar-refractivity contribution in [2.45, 2.75) is 52.9 Å². The topological polar surface area (TPSA) is 12.9 Å². The largest absolute Gasteiger partial charge is 0.260 e. The average Bonchev–Trinajstić information content (AvgIpc) is 2.15. The molecular formula is C14H23N. The van der Waals surface area contributed by atoms with Crippen molar-refractivity contribution in [2.24, 2.45) is 5.92 Å². The van der Waals surface area contributed by atoms with Gasteiger partial charge in [0.05, 0.1) is 0 Å². The SMILES string of the molecule is CC(C)[C@H](C)c1ccc(C(C)(C)C)nc1. The molecule has 0 aliphatic heterocycles. The maximum atomic E-state index is 4.55. The maximum absolute atomic E-state index is 4.55. The average molecular weight is 205 g/mol. The summed E-state index contributed by atoms with van der Waals surface area (Å²) >= 11 is 0. The first-order chi connectivity index (χ1) is 6.82. The second-order valence-electron chi connectivity index (χ2n) is 5.76. The van der Waals surface area contributed by atoms with Gasteiger partial charge in [-0.25, -0.2) is 0 Å². The number of nitrogens with zero attached hydrogens (tertiary/aromatic N) is 1. The quantitative estimate of drug-likeness (QED) is 0.707. The van der Waals surface area contributed by atoms with Crippen LogP contribution in [0.15, 0.2) is 18.3 Å². The van der Waals surface area contributed by atoms with Crippen molar-refractivity contribution in [3.05, 3.63) is 29.6 Å². The van der Waals surface area contributed by atoms with E-state index in [1.165, 1.54) is 11.3 Å². The Morgan fingerprint density at radius 3 is 2.00 bits per heavy atom. The van der Waals surface area contributed by atoms with Crippen LogP contribution in [0.3, 0.4) is 0 Å². The molecule has 1 rings (SSSR count). The van der Waals surface area contributed by atoms with Crippen LogP contribution in [0.2, 0.25) is 0 Å². The zero-order chi connectivity index (χ0) is 11.6. The third-order valence-corrected chi connectivity index (χ3v) is 3.08. The molecule has 15 heavy (non-hydrogen) atoms. The lowest BCUT2D eigenvalue weighted by Crippen LogP contribution is -2.14. The zero-order valence-corrected chi connectivity index (χ0v) is 10.8.